The largest absolute Gasteiger partial charge is 0.445 e. The maximum absolute atomic E-state index is 13.3. The highest BCUT2D eigenvalue weighted by atomic mass is 16.6. The molecule has 3 aliphatic heterocycles. The Morgan fingerprint density at radius 1 is 1.10 bits per heavy atom. The molecule has 4 atom stereocenters. The molecule has 4 unspecified atom stereocenters. The number of benzene rings is 2. The molecular formula is C24H22N2O5. The number of alkyl carbamates (subject to hydrolysis) is 1. The van der Waals surface area contributed by atoms with Gasteiger partial charge in [0.25, 0.3) is 0 Å². The number of aryl methyl sites for hydroxylation is 1. The molecule has 3 aliphatic rings. The van der Waals surface area contributed by atoms with Crippen molar-refractivity contribution in [1.82, 2.24) is 5.32 Å². The van der Waals surface area contributed by atoms with Crippen LogP contribution in [-0.4, -0.2) is 36.2 Å². The van der Waals surface area contributed by atoms with Crippen LogP contribution in [0.15, 0.2) is 66.7 Å². The number of carbonyl (C=O) groups excluding carboxylic acids is 3. The Hall–Kier alpha value is -3.45. The number of rotatable bonds is 5. The zero-order valence-electron chi connectivity index (χ0n) is 17.0. The lowest BCUT2D eigenvalue weighted by Gasteiger charge is -2.28. The quantitative estimate of drug-likeness (QED) is 0.596. The third kappa shape index (κ3) is 3.21. The molecular weight excluding hydrogens is 396 g/mol. The van der Waals surface area contributed by atoms with Gasteiger partial charge in [0.2, 0.25) is 11.8 Å². The summed E-state index contributed by atoms with van der Waals surface area (Å²) in [4.78, 5) is 39.8. The first-order chi connectivity index (χ1) is 15.0. The molecule has 0 aromatic heterocycles. The minimum atomic E-state index is -1.05. The molecule has 5 rings (SSSR count). The summed E-state index contributed by atoms with van der Waals surface area (Å²) in [5, 5.41) is 2.70. The number of ether oxygens (including phenoxy) is 2. The average Bonchev–Trinajstić information content (AvgIpc) is 3.43. The van der Waals surface area contributed by atoms with Gasteiger partial charge in [0.15, 0.2) is 0 Å². The fraction of sp³-hybridized carbons (Fsp3) is 0.292. The smallest absolute Gasteiger partial charge is 0.407 e. The summed E-state index contributed by atoms with van der Waals surface area (Å²) in [6.07, 6.45) is 2.52. The van der Waals surface area contributed by atoms with Crippen LogP contribution in [-0.2, 0) is 25.7 Å². The van der Waals surface area contributed by atoms with Gasteiger partial charge in [0.1, 0.15) is 12.2 Å². The lowest BCUT2D eigenvalue weighted by Crippen LogP contribution is -2.49. The van der Waals surface area contributed by atoms with E-state index in [1.54, 1.807) is 18.2 Å². The van der Waals surface area contributed by atoms with Gasteiger partial charge in [-0.3, -0.25) is 9.59 Å². The maximum atomic E-state index is 13.3. The van der Waals surface area contributed by atoms with Gasteiger partial charge in [-0.25, -0.2) is 9.69 Å². The van der Waals surface area contributed by atoms with Crippen LogP contribution in [0, 0.1) is 18.8 Å². The number of anilines is 1. The summed E-state index contributed by atoms with van der Waals surface area (Å²) in [5.74, 6) is -1.82. The lowest BCUT2D eigenvalue weighted by atomic mass is 9.77. The highest BCUT2D eigenvalue weighted by Crippen LogP contribution is 2.52. The summed E-state index contributed by atoms with van der Waals surface area (Å²) in [6.45, 7) is 2.14. The van der Waals surface area contributed by atoms with Crippen molar-refractivity contribution in [1.29, 1.82) is 0 Å². The Labute approximate surface area is 179 Å². The fourth-order valence-corrected chi connectivity index (χ4v) is 4.64. The molecule has 0 spiro atoms. The molecule has 2 saturated heterocycles. The predicted molar refractivity (Wildman–Crippen MR) is 112 cm³/mol. The number of hydrogen-bond donors (Lipinski definition) is 1. The van der Waals surface area contributed by atoms with Crippen molar-refractivity contribution in [3.8, 4) is 0 Å². The molecule has 7 heteroatoms. The van der Waals surface area contributed by atoms with E-state index in [-0.39, 0.29) is 25.0 Å². The Kier molecular flexibility index (Phi) is 4.63. The van der Waals surface area contributed by atoms with Gasteiger partial charge in [-0.15, -0.1) is 0 Å². The Balaban J connectivity index is 1.29. The van der Waals surface area contributed by atoms with E-state index in [1.807, 2.05) is 55.5 Å². The molecule has 2 fully saturated rings. The molecule has 2 aromatic rings. The van der Waals surface area contributed by atoms with Gasteiger partial charge in [-0.2, -0.15) is 0 Å². The van der Waals surface area contributed by atoms with Gasteiger partial charge in [-0.05, 0) is 24.6 Å². The first kappa shape index (κ1) is 19.5. The molecule has 158 valence electrons. The van der Waals surface area contributed by atoms with Crippen LogP contribution in [0.3, 0.4) is 0 Å². The van der Waals surface area contributed by atoms with Crippen LogP contribution in [0.25, 0.3) is 0 Å². The van der Waals surface area contributed by atoms with Crippen LogP contribution in [0.2, 0.25) is 0 Å². The van der Waals surface area contributed by atoms with Crippen LogP contribution >= 0.6 is 0 Å². The highest BCUT2D eigenvalue weighted by Gasteiger charge is 2.67. The maximum Gasteiger partial charge on any atom is 0.407 e. The standard InChI is InChI=1S/C24H22N2O5/c1-15-7-9-17(10-8-15)26-21(27)19-18-11-12-24(31-18,20(19)22(26)28)14-25-23(29)30-13-16-5-3-2-4-6-16/h2-12,18-20H,13-14H2,1H3,(H,25,29). The monoisotopic (exact) mass is 418 g/mol. The zero-order valence-corrected chi connectivity index (χ0v) is 17.0. The molecule has 0 saturated carbocycles. The molecule has 0 radical (unpaired) electrons. The van der Waals surface area contributed by atoms with E-state index in [2.05, 4.69) is 5.32 Å². The first-order valence-electron chi connectivity index (χ1n) is 10.2. The molecule has 3 amide bonds. The van der Waals surface area contributed by atoms with E-state index in [0.29, 0.717) is 5.69 Å². The third-order valence-corrected chi connectivity index (χ3v) is 6.17. The predicted octanol–water partition coefficient (Wildman–Crippen LogP) is 2.73. The first-order valence-corrected chi connectivity index (χ1v) is 10.2. The van der Waals surface area contributed by atoms with Gasteiger partial charge in [0.05, 0.1) is 30.2 Å². The SMILES string of the molecule is Cc1ccc(N2C(=O)C3C4C=CC(CNC(=O)OCc5ccccc5)(O4)C3C2=O)cc1. The fourth-order valence-electron chi connectivity index (χ4n) is 4.64. The summed E-state index contributed by atoms with van der Waals surface area (Å²) < 4.78 is 11.3. The second-order valence-corrected chi connectivity index (χ2v) is 8.16. The van der Waals surface area contributed by atoms with Crippen molar-refractivity contribution in [2.75, 3.05) is 11.4 Å². The van der Waals surface area contributed by atoms with Gasteiger partial charge in [-0.1, -0.05) is 60.2 Å². The van der Waals surface area contributed by atoms with E-state index >= 15 is 0 Å². The molecule has 0 aliphatic carbocycles. The minimum absolute atomic E-state index is 0.0511. The highest BCUT2D eigenvalue weighted by molar-refractivity contribution is 6.23. The van der Waals surface area contributed by atoms with E-state index < -0.39 is 29.6 Å². The Bertz CT molecular complexity index is 1070. The summed E-state index contributed by atoms with van der Waals surface area (Å²) in [6, 6.07) is 16.6. The number of hydrogen-bond acceptors (Lipinski definition) is 5. The van der Waals surface area contributed by atoms with Crippen molar-refractivity contribution < 1.29 is 23.9 Å². The molecule has 7 nitrogen and oxygen atoms in total. The molecule has 3 heterocycles. The number of amides is 3. The summed E-state index contributed by atoms with van der Waals surface area (Å²) in [5.41, 5.74) is 1.43. The van der Waals surface area contributed by atoms with Crippen LogP contribution < -0.4 is 10.2 Å². The van der Waals surface area contributed by atoms with Crippen molar-refractivity contribution in [3.63, 3.8) is 0 Å². The number of nitrogens with one attached hydrogen (secondary N) is 1. The number of imide groups is 1. The van der Waals surface area contributed by atoms with E-state index in [0.717, 1.165) is 11.1 Å². The third-order valence-electron chi connectivity index (χ3n) is 6.17. The lowest BCUT2D eigenvalue weighted by molar-refractivity contribution is -0.126. The topological polar surface area (TPSA) is 84.9 Å². The molecule has 1 N–H and O–H groups in total. The second-order valence-electron chi connectivity index (χ2n) is 8.16. The van der Waals surface area contributed by atoms with Crippen LogP contribution in [0.1, 0.15) is 11.1 Å². The van der Waals surface area contributed by atoms with Crippen LogP contribution in [0.5, 0.6) is 0 Å². The van der Waals surface area contributed by atoms with E-state index in [1.165, 1.54) is 4.90 Å². The van der Waals surface area contributed by atoms with Crippen molar-refractivity contribution in [2.45, 2.75) is 25.2 Å². The Morgan fingerprint density at radius 3 is 2.58 bits per heavy atom. The van der Waals surface area contributed by atoms with Crippen molar-refractivity contribution in [2.24, 2.45) is 11.8 Å². The van der Waals surface area contributed by atoms with E-state index in [4.69, 9.17) is 9.47 Å². The molecule has 2 bridgehead atoms. The number of carbonyl (C=O) groups is 3. The van der Waals surface area contributed by atoms with Gasteiger partial charge in [0, 0.05) is 0 Å². The normalized spacial score (nSPS) is 28.2. The van der Waals surface area contributed by atoms with E-state index in [9.17, 15) is 14.4 Å². The summed E-state index contributed by atoms with van der Waals surface area (Å²) in [7, 11) is 0. The van der Waals surface area contributed by atoms with Crippen molar-refractivity contribution in [3.05, 3.63) is 77.9 Å². The second kappa shape index (κ2) is 7.35. The van der Waals surface area contributed by atoms with Gasteiger partial charge < -0.3 is 14.8 Å². The van der Waals surface area contributed by atoms with Crippen molar-refractivity contribution >= 4 is 23.6 Å². The molecule has 2 aromatic carbocycles. The summed E-state index contributed by atoms with van der Waals surface area (Å²) >= 11 is 0. The number of fused-ring (bicyclic) bond motifs is 5. The number of nitrogens with zero attached hydrogens (tertiary/aromatic N) is 1. The Morgan fingerprint density at radius 2 is 1.84 bits per heavy atom. The average molecular weight is 418 g/mol. The van der Waals surface area contributed by atoms with Gasteiger partial charge >= 0.3 is 6.09 Å². The minimum Gasteiger partial charge on any atom is -0.445 e. The molecule has 31 heavy (non-hydrogen) atoms. The zero-order chi connectivity index (χ0) is 21.6. The van der Waals surface area contributed by atoms with Crippen LogP contribution in [0.4, 0.5) is 10.5 Å².